The molecule has 2 aromatic rings. The molecule has 0 amide bonds. The Bertz CT molecular complexity index is 1090. The minimum atomic E-state index is -4.27. The molecule has 0 aliphatic carbocycles. The Balaban J connectivity index is 0.000000514. The van der Waals surface area contributed by atoms with E-state index in [-0.39, 0.29) is 11.0 Å². The Morgan fingerprint density at radius 1 is 0.932 bits per heavy atom. The van der Waals surface area contributed by atoms with Crippen molar-refractivity contribution >= 4 is 27.6 Å². The topological polar surface area (TPSA) is 106 Å². The molecule has 1 aliphatic heterocycles. The Hall–Kier alpha value is -2.01. The van der Waals surface area contributed by atoms with Crippen LogP contribution in [0.15, 0.2) is 46.2 Å². The lowest BCUT2D eigenvalue weighted by Crippen LogP contribution is -2.29. The van der Waals surface area contributed by atoms with Crippen molar-refractivity contribution in [2.45, 2.75) is 134 Å². The normalized spacial score (nSPS) is 16.3. The Morgan fingerprint density at radius 2 is 1.57 bits per heavy atom. The van der Waals surface area contributed by atoms with Crippen molar-refractivity contribution in [2.24, 2.45) is 5.92 Å². The first-order valence-corrected chi connectivity index (χ1v) is 19.0. The van der Waals surface area contributed by atoms with Crippen LogP contribution >= 0.6 is 11.3 Å². The zero-order valence-electron chi connectivity index (χ0n) is 27.0. The van der Waals surface area contributed by atoms with E-state index in [1.165, 1.54) is 95.6 Å². The van der Waals surface area contributed by atoms with Gasteiger partial charge in [-0.05, 0) is 44.2 Å². The van der Waals surface area contributed by atoms with Gasteiger partial charge in [0.2, 0.25) is 5.51 Å². The molecule has 2 atom stereocenters. The predicted octanol–water partition coefficient (Wildman–Crippen LogP) is 8.36. The standard InChI is InChI=1S/C27H48NO4S.C7H8O3S/c1-2-3-4-5-6-7-8-9-10-11-12-13-16-25-21-26(31-22-25)23-32-27(29)30-19-15-14-17-28-18-20-33-24-28;1-6-2-4-7(5-3-6)11(8,9)10/h18,20,24-26H,2-17,19,21-23H2,1H3;2-5H,1H3,(H,8,9,10)/q+1;/p-1/t25-,26+;/m1./s1. The molecule has 1 aromatic heterocycles. The zero-order valence-corrected chi connectivity index (χ0v) is 28.6. The first kappa shape index (κ1) is 38.2. The fraction of sp³-hybridized carbons (Fsp3) is 0.706. The summed E-state index contributed by atoms with van der Waals surface area (Å²) in [4.78, 5) is 11.6. The van der Waals surface area contributed by atoms with Gasteiger partial charge in [-0.2, -0.15) is 4.57 Å². The van der Waals surface area contributed by atoms with Crippen LogP contribution in [0.5, 0.6) is 0 Å². The van der Waals surface area contributed by atoms with Crippen LogP contribution < -0.4 is 4.57 Å². The van der Waals surface area contributed by atoms with E-state index >= 15 is 0 Å². The summed E-state index contributed by atoms with van der Waals surface area (Å²) in [5.41, 5.74) is 3.01. The number of nitrogens with zero attached hydrogens (tertiary/aromatic N) is 1. The number of rotatable bonds is 21. The third kappa shape index (κ3) is 18.7. The highest BCUT2D eigenvalue weighted by atomic mass is 32.2. The number of aromatic nitrogens is 1. The molecule has 1 aliphatic rings. The number of aryl methyl sites for hydroxylation is 2. The number of unbranched alkanes of at least 4 members (excludes halogenated alkanes) is 12. The SMILES string of the molecule is CCCCCCCCCCCCCC[C@H]1CO[C@H](COC(=O)OCCCC[n+]2ccsc2)C1.Cc1ccc(S(=O)(=O)[O-])cc1. The summed E-state index contributed by atoms with van der Waals surface area (Å²) >= 11 is 1.68. The van der Waals surface area contributed by atoms with Crippen molar-refractivity contribution in [3.05, 3.63) is 46.9 Å². The Labute approximate surface area is 270 Å². The summed E-state index contributed by atoms with van der Waals surface area (Å²) in [6.07, 6.45) is 22.3. The van der Waals surface area contributed by atoms with E-state index in [0.29, 0.717) is 19.1 Å². The molecule has 0 N–H and O–H groups in total. The third-order valence-electron chi connectivity index (χ3n) is 7.88. The second kappa shape index (κ2) is 23.3. The lowest BCUT2D eigenvalue weighted by molar-refractivity contribution is -0.692. The third-order valence-corrected chi connectivity index (χ3v) is 9.41. The van der Waals surface area contributed by atoms with Gasteiger partial charge in [0.05, 0.1) is 29.6 Å². The fourth-order valence-electron chi connectivity index (χ4n) is 5.22. The molecule has 0 bridgehead atoms. The van der Waals surface area contributed by atoms with Gasteiger partial charge in [-0.3, -0.25) is 0 Å². The summed E-state index contributed by atoms with van der Waals surface area (Å²) < 4.78 is 49.6. The van der Waals surface area contributed by atoms with Crippen LogP contribution in [0.1, 0.15) is 115 Å². The van der Waals surface area contributed by atoms with Crippen molar-refractivity contribution in [3.63, 3.8) is 0 Å². The number of carbonyl (C=O) groups excluding carboxylic acids is 1. The van der Waals surface area contributed by atoms with Gasteiger partial charge in [0.25, 0.3) is 0 Å². The van der Waals surface area contributed by atoms with Gasteiger partial charge in [-0.25, -0.2) is 13.2 Å². The second-order valence-corrected chi connectivity index (χ2v) is 14.0. The number of benzene rings is 1. The summed E-state index contributed by atoms with van der Waals surface area (Å²) in [6, 6.07) is 5.78. The number of thiazole rings is 1. The van der Waals surface area contributed by atoms with Gasteiger partial charge in [-0.1, -0.05) is 113 Å². The van der Waals surface area contributed by atoms with Gasteiger partial charge in [0, 0.05) is 6.42 Å². The molecule has 10 heteroatoms. The van der Waals surface area contributed by atoms with Gasteiger partial charge < -0.3 is 18.8 Å². The van der Waals surface area contributed by atoms with Gasteiger partial charge >= 0.3 is 6.16 Å². The van der Waals surface area contributed by atoms with Crippen LogP contribution in [0.4, 0.5) is 4.79 Å². The summed E-state index contributed by atoms with van der Waals surface area (Å²) in [7, 11) is -4.27. The van der Waals surface area contributed by atoms with E-state index < -0.39 is 16.3 Å². The van der Waals surface area contributed by atoms with E-state index in [9.17, 15) is 17.8 Å². The van der Waals surface area contributed by atoms with E-state index in [0.717, 1.165) is 38.0 Å². The molecular weight excluding hydrogens is 599 g/mol. The minimum Gasteiger partial charge on any atom is -0.744 e. The quantitative estimate of drug-likeness (QED) is 0.0577. The fourth-order valence-corrected chi connectivity index (χ4v) is 6.32. The first-order chi connectivity index (χ1) is 21.3. The van der Waals surface area contributed by atoms with Crippen LogP contribution in [0.2, 0.25) is 0 Å². The zero-order chi connectivity index (χ0) is 31.9. The number of ether oxygens (including phenoxy) is 3. The maximum Gasteiger partial charge on any atom is 0.508 e. The average molecular weight is 654 g/mol. The molecule has 0 unspecified atom stereocenters. The van der Waals surface area contributed by atoms with Crippen molar-refractivity contribution in [3.8, 4) is 0 Å². The van der Waals surface area contributed by atoms with E-state index in [2.05, 4.69) is 28.6 Å². The molecule has 1 saturated heterocycles. The summed E-state index contributed by atoms with van der Waals surface area (Å²) in [5, 5.41) is 2.06. The molecule has 8 nitrogen and oxygen atoms in total. The lowest BCUT2D eigenvalue weighted by Gasteiger charge is -2.11. The summed E-state index contributed by atoms with van der Waals surface area (Å²) in [5.74, 6) is 0.618. The van der Waals surface area contributed by atoms with E-state index in [1.54, 1.807) is 23.5 Å². The molecule has 1 aromatic carbocycles. The maximum atomic E-state index is 11.8. The monoisotopic (exact) mass is 653 g/mol. The molecule has 2 heterocycles. The predicted molar refractivity (Wildman–Crippen MR) is 174 cm³/mol. The first-order valence-electron chi connectivity index (χ1n) is 16.6. The van der Waals surface area contributed by atoms with Crippen LogP contribution in [-0.2, 0) is 30.9 Å². The Kier molecular flexibility index (Phi) is 20.3. The van der Waals surface area contributed by atoms with E-state index in [1.807, 2.05) is 6.92 Å². The molecule has 1 fully saturated rings. The van der Waals surface area contributed by atoms with Crippen LogP contribution in [0, 0.1) is 12.8 Å². The number of hydrogen-bond acceptors (Lipinski definition) is 8. The number of carbonyl (C=O) groups is 1. The summed E-state index contributed by atoms with van der Waals surface area (Å²) in [6.45, 7) is 6.59. The largest absolute Gasteiger partial charge is 0.744 e. The van der Waals surface area contributed by atoms with Crippen LogP contribution in [0.25, 0.3) is 0 Å². The molecule has 44 heavy (non-hydrogen) atoms. The van der Waals surface area contributed by atoms with Crippen molar-refractivity contribution < 1.29 is 36.5 Å². The van der Waals surface area contributed by atoms with Gasteiger partial charge in [-0.15, -0.1) is 0 Å². The maximum absolute atomic E-state index is 11.8. The molecule has 0 radical (unpaired) electrons. The highest BCUT2D eigenvalue weighted by Gasteiger charge is 2.26. The number of hydrogen-bond donors (Lipinski definition) is 0. The molecule has 0 saturated carbocycles. The van der Waals surface area contributed by atoms with Crippen LogP contribution in [0.3, 0.4) is 0 Å². The Morgan fingerprint density at radius 3 is 2.16 bits per heavy atom. The van der Waals surface area contributed by atoms with Crippen LogP contribution in [-0.4, -0.2) is 45.1 Å². The highest BCUT2D eigenvalue weighted by Crippen LogP contribution is 2.25. The molecule has 0 spiro atoms. The average Bonchev–Trinajstić information content (AvgIpc) is 3.69. The molecule has 250 valence electrons. The smallest absolute Gasteiger partial charge is 0.508 e. The van der Waals surface area contributed by atoms with Gasteiger partial charge in [0.1, 0.15) is 23.3 Å². The molecule has 3 rings (SSSR count). The van der Waals surface area contributed by atoms with Crippen molar-refractivity contribution in [1.82, 2.24) is 0 Å². The second-order valence-electron chi connectivity index (χ2n) is 11.9. The minimum absolute atomic E-state index is 0.0369. The lowest BCUT2D eigenvalue weighted by atomic mass is 9.97. The molecular formula is C34H55NO7S2. The van der Waals surface area contributed by atoms with Gasteiger partial charge in [0.15, 0.2) is 6.20 Å². The highest BCUT2D eigenvalue weighted by molar-refractivity contribution is 7.85. The van der Waals surface area contributed by atoms with Crippen molar-refractivity contribution in [1.29, 1.82) is 0 Å². The van der Waals surface area contributed by atoms with Crippen molar-refractivity contribution in [2.75, 3.05) is 19.8 Å². The van der Waals surface area contributed by atoms with E-state index in [4.69, 9.17) is 14.2 Å².